The first-order valence-electron chi connectivity index (χ1n) is 7.65. The molecule has 0 atom stereocenters. The van der Waals surface area contributed by atoms with Gasteiger partial charge in [0, 0.05) is 62.9 Å². The van der Waals surface area contributed by atoms with Crippen LogP contribution in [0.4, 0.5) is 0 Å². The van der Waals surface area contributed by atoms with E-state index in [-0.39, 0.29) is 5.78 Å². The number of Topliss-reactive ketones (excluding diaryl/α,β-unsaturated/α-hetero) is 1. The lowest BCUT2D eigenvalue weighted by Crippen LogP contribution is -2.42. The molecule has 2 heterocycles. The smallest absolute Gasteiger partial charge is 0.229 e. The van der Waals surface area contributed by atoms with Crippen LogP contribution >= 0.6 is 0 Å². The van der Waals surface area contributed by atoms with Crippen molar-refractivity contribution in [3.63, 3.8) is 0 Å². The quantitative estimate of drug-likeness (QED) is 0.696. The molecular formula is C18H17N4O+. The molecule has 0 saturated carbocycles. The molecule has 0 aliphatic heterocycles. The van der Waals surface area contributed by atoms with E-state index in [1.807, 2.05) is 45.8 Å². The monoisotopic (exact) mass is 305 g/mol. The van der Waals surface area contributed by atoms with Gasteiger partial charge in [0.25, 0.3) is 0 Å². The van der Waals surface area contributed by atoms with Crippen molar-refractivity contribution in [2.24, 2.45) is 5.41 Å². The van der Waals surface area contributed by atoms with Gasteiger partial charge >= 0.3 is 0 Å². The van der Waals surface area contributed by atoms with E-state index in [1.54, 1.807) is 25.0 Å². The first kappa shape index (κ1) is 13.8. The molecule has 0 spiro atoms. The zero-order valence-electron chi connectivity index (χ0n) is 12.7. The molecule has 0 radical (unpaired) electrons. The molecule has 3 aromatic rings. The highest BCUT2D eigenvalue weighted by Gasteiger charge is 2.47. The number of hydrogen-bond donors (Lipinski definition) is 0. The van der Waals surface area contributed by atoms with E-state index in [4.69, 9.17) is 0 Å². The Hall–Kier alpha value is -2.82. The fourth-order valence-corrected chi connectivity index (χ4v) is 3.35. The second-order valence-electron chi connectivity index (χ2n) is 6.07. The maximum absolute atomic E-state index is 13.3. The largest absolute Gasteiger partial charge is 0.336 e. The van der Waals surface area contributed by atoms with Crippen LogP contribution in [0.3, 0.4) is 0 Å². The predicted octanol–water partition coefficient (Wildman–Crippen LogP) is 2.61. The van der Waals surface area contributed by atoms with E-state index in [2.05, 4.69) is 16.4 Å². The average Bonchev–Trinajstić information content (AvgIpc) is 3.25. The van der Waals surface area contributed by atoms with Crippen LogP contribution in [-0.4, -0.2) is 24.9 Å². The molecule has 0 fully saturated rings. The summed E-state index contributed by atoms with van der Waals surface area (Å²) < 4.78 is 3.97. The van der Waals surface area contributed by atoms with Crippen molar-refractivity contribution in [2.45, 2.75) is 19.5 Å². The molecule has 1 aliphatic carbocycles. The van der Waals surface area contributed by atoms with Gasteiger partial charge in [-0.2, -0.15) is 0 Å². The molecule has 114 valence electrons. The van der Waals surface area contributed by atoms with Crippen molar-refractivity contribution in [3.8, 4) is 0 Å². The van der Waals surface area contributed by atoms with Crippen molar-refractivity contribution in [2.75, 3.05) is 0 Å². The van der Waals surface area contributed by atoms with Crippen LogP contribution in [0.1, 0.15) is 22.3 Å². The Morgan fingerprint density at radius 2 is 1.70 bits per heavy atom. The summed E-state index contributed by atoms with van der Waals surface area (Å²) in [6.45, 7) is 1.21. The van der Waals surface area contributed by atoms with Gasteiger partial charge in [-0.1, -0.05) is 0 Å². The topological polar surface area (TPSA) is 52.7 Å². The Bertz CT molecular complexity index is 769. The molecule has 1 aliphatic rings. The van der Waals surface area contributed by atoms with Crippen molar-refractivity contribution in [1.29, 1.82) is 0 Å². The number of carbonyl (C=O) groups excluding carboxylic acids is 1. The molecule has 0 saturated heterocycles. The van der Waals surface area contributed by atoms with Crippen LogP contribution in [0.25, 0.3) is 0 Å². The van der Waals surface area contributed by atoms with E-state index in [0.29, 0.717) is 19.5 Å². The van der Waals surface area contributed by atoms with Gasteiger partial charge in [0.15, 0.2) is 0 Å². The summed E-state index contributed by atoms with van der Waals surface area (Å²) in [5, 5.41) is 0. The van der Waals surface area contributed by atoms with E-state index >= 15 is 0 Å². The fraction of sp³-hybridized carbons (Fsp3) is 0.222. The summed E-state index contributed by atoms with van der Waals surface area (Å²) in [4.78, 5) is 21.5. The minimum Gasteiger partial charge on any atom is -0.336 e. The Labute approximate surface area is 134 Å². The summed E-state index contributed by atoms with van der Waals surface area (Å²) in [6.07, 6.45) is 13.7. The van der Waals surface area contributed by atoms with Gasteiger partial charge in [-0.3, -0.25) is 4.79 Å². The lowest BCUT2D eigenvalue weighted by molar-refractivity contribution is 0.0702. The molecule has 5 heteroatoms. The number of imidazole rings is 2. The highest BCUT2D eigenvalue weighted by Crippen LogP contribution is 2.39. The zero-order chi connectivity index (χ0) is 15.7. The third-order valence-corrected chi connectivity index (χ3v) is 4.49. The lowest BCUT2D eigenvalue weighted by Gasteiger charge is -2.33. The molecule has 0 bridgehead atoms. The number of fused-ring (bicyclic) bond motifs is 1. The van der Waals surface area contributed by atoms with E-state index in [9.17, 15) is 4.79 Å². The molecule has 5 nitrogen and oxygen atoms in total. The number of nitrogens with zero attached hydrogens (tertiary/aromatic N) is 4. The maximum atomic E-state index is 13.3. The highest BCUT2D eigenvalue weighted by atomic mass is 16.1. The van der Waals surface area contributed by atoms with Crippen molar-refractivity contribution in [3.05, 3.63) is 79.3 Å². The summed E-state index contributed by atoms with van der Waals surface area (Å²) in [5.41, 5.74) is 1.32. The molecule has 2 aromatic heterocycles. The van der Waals surface area contributed by atoms with Crippen LogP contribution in [0.2, 0.25) is 0 Å². The van der Waals surface area contributed by atoms with Crippen LogP contribution in [0.5, 0.6) is 0 Å². The summed E-state index contributed by atoms with van der Waals surface area (Å²) in [7, 11) is 0. The van der Waals surface area contributed by atoms with Gasteiger partial charge in [0.1, 0.15) is 11.1 Å². The third kappa shape index (κ3) is 2.44. The molecule has 23 heavy (non-hydrogen) atoms. The second kappa shape index (κ2) is 5.43. The number of ketones is 1. The predicted molar refractivity (Wildman–Crippen MR) is 85.7 cm³/mol. The van der Waals surface area contributed by atoms with E-state index in [1.165, 1.54) is 0 Å². The Kier molecular flexibility index (Phi) is 3.26. The molecule has 0 unspecified atom stereocenters. The number of aromatic nitrogens is 4. The van der Waals surface area contributed by atoms with Crippen molar-refractivity contribution in [1.82, 2.24) is 19.1 Å². The van der Waals surface area contributed by atoms with Gasteiger partial charge in [-0.25, -0.2) is 9.97 Å². The SMILES string of the molecule is O=C1c2ccccc2[CH+]CC1(Cn1ccnc1)Cn1ccnc1. The van der Waals surface area contributed by atoms with Gasteiger partial charge in [0.2, 0.25) is 5.78 Å². The summed E-state index contributed by atoms with van der Waals surface area (Å²) in [5.74, 6) is 0.193. The Morgan fingerprint density at radius 1 is 1.04 bits per heavy atom. The fourth-order valence-electron chi connectivity index (χ4n) is 3.35. The second-order valence-corrected chi connectivity index (χ2v) is 6.07. The molecule has 0 amide bonds. The number of rotatable bonds is 4. The number of carbonyl (C=O) groups is 1. The summed E-state index contributed by atoms with van der Waals surface area (Å²) in [6, 6.07) is 7.83. The Morgan fingerprint density at radius 3 is 2.30 bits per heavy atom. The maximum Gasteiger partial charge on any atom is 0.229 e. The highest BCUT2D eigenvalue weighted by molar-refractivity contribution is 6.03. The standard InChI is InChI=1S/C18H17N4O/c23-17-16-4-2-1-3-15(16)5-6-18(17,11-21-9-7-19-13-21)12-22-10-8-20-14-22/h1-5,7-10,13-14H,6,11-12H2/q+1. The molecule has 1 aromatic carbocycles. The van der Waals surface area contributed by atoms with Gasteiger partial charge < -0.3 is 9.13 Å². The molecule has 0 N–H and O–H groups in total. The molecular weight excluding hydrogens is 288 g/mol. The van der Waals surface area contributed by atoms with Gasteiger partial charge in [-0.15, -0.1) is 0 Å². The minimum atomic E-state index is -0.518. The van der Waals surface area contributed by atoms with Crippen LogP contribution < -0.4 is 0 Å². The molecule has 4 rings (SSSR count). The first-order chi connectivity index (χ1) is 11.3. The minimum absolute atomic E-state index is 0.193. The van der Waals surface area contributed by atoms with Gasteiger partial charge in [-0.05, 0) is 12.1 Å². The average molecular weight is 305 g/mol. The van der Waals surface area contributed by atoms with Crippen LogP contribution in [-0.2, 0) is 13.1 Å². The zero-order valence-corrected chi connectivity index (χ0v) is 12.7. The number of hydrogen-bond acceptors (Lipinski definition) is 3. The van der Waals surface area contributed by atoms with Crippen molar-refractivity contribution < 1.29 is 4.79 Å². The lowest BCUT2D eigenvalue weighted by atomic mass is 9.70. The van der Waals surface area contributed by atoms with E-state index in [0.717, 1.165) is 11.1 Å². The normalized spacial score (nSPS) is 15.9. The number of benzene rings is 1. The van der Waals surface area contributed by atoms with Gasteiger partial charge in [0.05, 0.1) is 18.1 Å². The van der Waals surface area contributed by atoms with E-state index < -0.39 is 5.41 Å². The van der Waals surface area contributed by atoms with Crippen molar-refractivity contribution >= 4 is 5.78 Å². The Balaban J connectivity index is 1.75. The van der Waals surface area contributed by atoms with Crippen LogP contribution in [0.15, 0.2) is 61.7 Å². The third-order valence-electron chi connectivity index (χ3n) is 4.49. The first-order valence-corrected chi connectivity index (χ1v) is 7.65. The van der Waals surface area contributed by atoms with Crippen LogP contribution in [0, 0.1) is 11.8 Å². The summed E-state index contributed by atoms with van der Waals surface area (Å²) >= 11 is 0.